The Morgan fingerprint density at radius 1 is 1.15 bits per heavy atom. The molecule has 2 aromatic carbocycles. The molecule has 1 heterocycles. The lowest BCUT2D eigenvalue weighted by molar-refractivity contribution is -0.138. The fourth-order valence-electron chi connectivity index (χ4n) is 2.59. The van der Waals surface area contributed by atoms with Crippen molar-refractivity contribution in [2.75, 3.05) is 7.11 Å². The maximum Gasteiger partial charge on any atom is 0.336 e. The number of carbonyl (C=O) groups is 1. The van der Waals surface area contributed by atoms with Crippen LogP contribution >= 0.6 is 0 Å². The number of hydrogen-bond donors (Lipinski definition) is 0. The summed E-state index contributed by atoms with van der Waals surface area (Å²) >= 11 is 0. The molecule has 0 saturated heterocycles. The highest BCUT2D eigenvalue weighted by molar-refractivity contribution is 5.87. The van der Waals surface area contributed by atoms with Crippen molar-refractivity contribution < 1.29 is 18.7 Å². The van der Waals surface area contributed by atoms with Crippen molar-refractivity contribution in [1.82, 2.24) is 0 Å². The van der Waals surface area contributed by atoms with Crippen molar-refractivity contribution in [2.45, 2.75) is 13.5 Å². The van der Waals surface area contributed by atoms with E-state index in [1.165, 1.54) is 19.3 Å². The van der Waals surface area contributed by atoms with Gasteiger partial charge >= 0.3 is 11.6 Å². The Morgan fingerprint density at radius 2 is 1.96 bits per heavy atom. The highest BCUT2D eigenvalue weighted by Crippen LogP contribution is 2.23. The third-order valence-electron chi connectivity index (χ3n) is 3.99. The van der Waals surface area contributed by atoms with E-state index in [1.54, 1.807) is 24.3 Å². The second-order valence-corrected chi connectivity index (χ2v) is 5.75. The molecule has 5 heteroatoms. The third-order valence-corrected chi connectivity index (χ3v) is 3.99. The molecule has 0 N–H and O–H groups in total. The molecular formula is C21H18O5. The summed E-state index contributed by atoms with van der Waals surface area (Å²) < 4.78 is 15.6. The molecule has 3 aromatic rings. The zero-order chi connectivity index (χ0) is 18.5. The van der Waals surface area contributed by atoms with E-state index in [4.69, 9.17) is 13.9 Å². The van der Waals surface area contributed by atoms with Crippen LogP contribution in [0.2, 0.25) is 0 Å². The number of fused-ring (bicyclic) bond motifs is 1. The summed E-state index contributed by atoms with van der Waals surface area (Å²) in [5, 5.41) is 0.695. The van der Waals surface area contributed by atoms with Crippen molar-refractivity contribution in [1.29, 1.82) is 0 Å². The number of esters is 1. The summed E-state index contributed by atoms with van der Waals surface area (Å²) in [6.07, 6.45) is 3.08. The molecule has 0 aliphatic rings. The molecule has 0 unspecified atom stereocenters. The van der Waals surface area contributed by atoms with E-state index in [0.29, 0.717) is 22.3 Å². The van der Waals surface area contributed by atoms with Crippen molar-refractivity contribution in [2.24, 2.45) is 0 Å². The number of benzene rings is 2. The number of rotatable bonds is 5. The summed E-state index contributed by atoms with van der Waals surface area (Å²) in [5.41, 5.74) is 2.47. The van der Waals surface area contributed by atoms with Crippen LogP contribution < -0.4 is 10.4 Å². The monoisotopic (exact) mass is 350 g/mol. The van der Waals surface area contributed by atoms with Gasteiger partial charge in [0.2, 0.25) is 0 Å². The minimum absolute atomic E-state index is 0.0224. The van der Waals surface area contributed by atoms with Crippen LogP contribution in [0.3, 0.4) is 0 Å². The Labute approximate surface area is 150 Å². The number of ether oxygens (including phenoxy) is 2. The average Bonchev–Trinajstić information content (AvgIpc) is 2.64. The first kappa shape index (κ1) is 17.5. The SMILES string of the molecule is COc1ccc2c(COC(=O)/C=C/c3ccccc3C)cc(=O)oc2c1. The topological polar surface area (TPSA) is 65.7 Å². The molecule has 1 aromatic heterocycles. The lowest BCUT2D eigenvalue weighted by atomic mass is 10.1. The van der Waals surface area contributed by atoms with Crippen LogP contribution in [-0.2, 0) is 16.1 Å². The van der Waals surface area contributed by atoms with Crippen LogP contribution in [0.5, 0.6) is 5.75 Å². The first-order valence-corrected chi connectivity index (χ1v) is 8.08. The zero-order valence-electron chi connectivity index (χ0n) is 14.5. The quantitative estimate of drug-likeness (QED) is 0.397. The molecule has 5 nitrogen and oxygen atoms in total. The van der Waals surface area contributed by atoms with E-state index >= 15 is 0 Å². The number of aryl methyl sites for hydroxylation is 1. The lowest BCUT2D eigenvalue weighted by Crippen LogP contribution is -2.05. The number of methoxy groups -OCH3 is 1. The van der Waals surface area contributed by atoms with Crippen LogP contribution in [0, 0.1) is 6.92 Å². The summed E-state index contributed by atoms with van der Waals surface area (Å²) in [6, 6.07) is 14.2. The van der Waals surface area contributed by atoms with Crippen LogP contribution in [0.1, 0.15) is 16.7 Å². The molecule has 132 valence electrons. The summed E-state index contributed by atoms with van der Waals surface area (Å²) in [6.45, 7) is 1.94. The molecular weight excluding hydrogens is 332 g/mol. The predicted octanol–water partition coefficient (Wildman–Crippen LogP) is 3.87. The molecule has 3 rings (SSSR count). The highest BCUT2D eigenvalue weighted by Gasteiger charge is 2.09. The van der Waals surface area contributed by atoms with Crippen molar-refractivity contribution in [3.8, 4) is 5.75 Å². The van der Waals surface area contributed by atoms with E-state index in [-0.39, 0.29) is 6.61 Å². The largest absolute Gasteiger partial charge is 0.497 e. The van der Waals surface area contributed by atoms with Crippen LogP contribution in [-0.4, -0.2) is 13.1 Å². The van der Waals surface area contributed by atoms with Gasteiger partial charge in [-0.1, -0.05) is 24.3 Å². The molecule has 0 radical (unpaired) electrons. The molecule has 0 saturated carbocycles. The van der Waals surface area contributed by atoms with Gasteiger partial charge in [0.15, 0.2) is 0 Å². The number of hydrogen-bond acceptors (Lipinski definition) is 5. The third kappa shape index (κ3) is 4.00. The van der Waals surface area contributed by atoms with Gasteiger partial charge in [0, 0.05) is 29.2 Å². The fourth-order valence-corrected chi connectivity index (χ4v) is 2.59. The van der Waals surface area contributed by atoms with E-state index in [0.717, 1.165) is 11.1 Å². The Bertz CT molecular complexity index is 1030. The Kier molecular flexibility index (Phi) is 5.17. The van der Waals surface area contributed by atoms with Crippen molar-refractivity contribution >= 4 is 23.0 Å². The molecule has 0 fully saturated rings. The molecule has 26 heavy (non-hydrogen) atoms. The van der Waals surface area contributed by atoms with Crippen LogP contribution in [0.15, 0.2) is 63.8 Å². The first-order chi connectivity index (χ1) is 12.6. The molecule has 0 amide bonds. The van der Waals surface area contributed by atoms with Gasteiger partial charge in [0.1, 0.15) is 17.9 Å². The Morgan fingerprint density at radius 3 is 2.73 bits per heavy atom. The minimum Gasteiger partial charge on any atom is -0.497 e. The smallest absolute Gasteiger partial charge is 0.336 e. The van der Waals surface area contributed by atoms with Crippen molar-refractivity contribution in [3.63, 3.8) is 0 Å². The van der Waals surface area contributed by atoms with E-state index < -0.39 is 11.6 Å². The van der Waals surface area contributed by atoms with E-state index in [2.05, 4.69) is 0 Å². The normalized spacial score (nSPS) is 11.0. The first-order valence-electron chi connectivity index (χ1n) is 8.08. The Hall–Kier alpha value is -3.34. The maximum absolute atomic E-state index is 12.0. The second-order valence-electron chi connectivity index (χ2n) is 5.75. The van der Waals surface area contributed by atoms with Gasteiger partial charge in [-0.3, -0.25) is 0 Å². The standard InChI is InChI=1S/C21H18O5/c1-14-5-3-4-6-15(14)7-10-20(22)25-13-16-11-21(23)26-19-12-17(24-2)8-9-18(16)19/h3-12H,13H2,1-2H3/b10-7+. The summed E-state index contributed by atoms with van der Waals surface area (Å²) in [5.74, 6) is 0.0964. The fraction of sp³-hybridized carbons (Fsp3) is 0.143. The van der Waals surface area contributed by atoms with E-state index in [1.807, 2.05) is 31.2 Å². The van der Waals surface area contributed by atoms with Crippen molar-refractivity contribution in [3.05, 3.63) is 81.7 Å². The zero-order valence-corrected chi connectivity index (χ0v) is 14.5. The molecule has 0 bridgehead atoms. The molecule has 0 spiro atoms. The lowest BCUT2D eigenvalue weighted by Gasteiger charge is -2.07. The highest BCUT2D eigenvalue weighted by atomic mass is 16.5. The van der Waals surface area contributed by atoms with Gasteiger partial charge in [-0.25, -0.2) is 9.59 Å². The predicted molar refractivity (Wildman–Crippen MR) is 99.0 cm³/mol. The second kappa shape index (κ2) is 7.70. The molecule has 0 aliphatic carbocycles. The van der Waals surface area contributed by atoms with Gasteiger partial charge < -0.3 is 13.9 Å². The minimum atomic E-state index is -0.507. The van der Waals surface area contributed by atoms with Crippen LogP contribution in [0.4, 0.5) is 0 Å². The molecule has 0 aliphatic heterocycles. The van der Waals surface area contributed by atoms with Gasteiger partial charge in [0.05, 0.1) is 7.11 Å². The van der Waals surface area contributed by atoms with E-state index in [9.17, 15) is 9.59 Å². The number of carbonyl (C=O) groups excluding carboxylic acids is 1. The van der Waals surface area contributed by atoms with Gasteiger partial charge in [-0.05, 0) is 36.3 Å². The summed E-state index contributed by atoms with van der Waals surface area (Å²) in [4.78, 5) is 23.7. The van der Waals surface area contributed by atoms with Crippen LogP contribution in [0.25, 0.3) is 17.0 Å². The van der Waals surface area contributed by atoms with Gasteiger partial charge in [-0.2, -0.15) is 0 Å². The summed E-state index contributed by atoms with van der Waals surface area (Å²) in [7, 11) is 1.53. The molecule has 0 atom stereocenters. The Balaban J connectivity index is 1.76. The van der Waals surface area contributed by atoms with Gasteiger partial charge in [-0.15, -0.1) is 0 Å². The average molecular weight is 350 g/mol. The van der Waals surface area contributed by atoms with Gasteiger partial charge in [0.25, 0.3) is 0 Å². The maximum atomic E-state index is 12.0.